The van der Waals surface area contributed by atoms with Gasteiger partial charge in [0.15, 0.2) is 0 Å². The number of nitrogens with one attached hydrogen (secondary N) is 2. The van der Waals surface area contributed by atoms with Gasteiger partial charge in [0.2, 0.25) is 0 Å². The van der Waals surface area contributed by atoms with Gasteiger partial charge < -0.3 is 10.3 Å². The van der Waals surface area contributed by atoms with Crippen molar-refractivity contribution in [3.63, 3.8) is 0 Å². The Bertz CT molecular complexity index is 1230. The van der Waals surface area contributed by atoms with Crippen molar-refractivity contribution in [3.8, 4) is 11.4 Å². The molecule has 7 nitrogen and oxygen atoms in total. The Morgan fingerprint density at radius 3 is 2.61 bits per heavy atom. The lowest BCUT2D eigenvalue weighted by Gasteiger charge is -2.08. The van der Waals surface area contributed by atoms with Crippen LogP contribution in [-0.2, 0) is 19.5 Å². The highest BCUT2D eigenvalue weighted by atomic mass is 16.1. The summed E-state index contributed by atoms with van der Waals surface area (Å²) in [5.41, 5.74) is 5.94. The Morgan fingerprint density at radius 2 is 1.90 bits per heavy atom. The molecule has 0 aliphatic rings. The summed E-state index contributed by atoms with van der Waals surface area (Å²) in [6.45, 7) is 7.49. The maximum atomic E-state index is 11.8. The molecule has 2 N–H and O–H groups in total. The molecule has 7 heteroatoms. The maximum Gasteiger partial charge on any atom is 0.251 e. The minimum atomic E-state index is -0.150. The van der Waals surface area contributed by atoms with Gasteiger partial charge in [-0.3, -0.25) is 9.48 Å². The first kappa shape index (κ1) is 20.5. The molecule has 0 atom stereocenters. The van der Waals surface area contributed by atoms with E-state index in [-0.39, 0.29) is 5.56 Å². The second-order valence-corrected chi connectivity index (χ2v) is 7.52. The predicted octanol–water partition coefficient (Wildman–Crippen LogP) is 3.87. The van der Waals surface area contributed by atoms with E-state index in [4.69, 9.17) is 5.10 Å². The van der Waals surface area contributed by atoms with Crippen molar-refractivity contribution in [2.75, 3.05) is 5.32 Å². The van der Waals surface area contributed by atoms with E-state index in [1.165, 1.54) is 17.2 Å². The Hall–Kier alpha value is -3.74. The molecule has 0 saturated heterocycles. The van der Waals surface area contributed by atoms with E-state index in [0.717, 1.165) is 35.0 Å². The highest BCUT2D eigenvalue weighted by molar-refractivity contribution is 5.56. The molecule has 0 amide bonds. The van der Waals surface area contributed by atoms with Gasteiger partial charge in [0.05, 0.1) is 12.2 Å². The van der Waals surface area contributed by atoms with Crippen molar-refractivity contribution in [3.05, 3.63) is 93.3 Å². The Kier molecular flexibility index (Phi) is 5.93. The summed E-state index contributed by atoms with van der Waals surface area (Å²) in [7, 11) is 0. The zero-order chi connectivity index (χ0) is 21.8. The van der Waals surface area contributed by atoms with Crippen LogP contribution in [0.2, 0.25) is 0 Å². The summed E-state index contributed by atoms with van der Waals surface area (Å²) < 4.78 is 2.04. The summed E-state index contributed by atoms with van der Waals surface area (Å²) in [5.74, 6) is 1.30. The molecule has 4 rings (SSSR count). The standard InChI is InChI=1S/C24H26N6O/c1-4-20-12-23(31)28-24(27-20)19-10-11-22(25-13-19)26-14-21-16(2)29-30(17(21)3)15-18-8-6-5-7-9-18/h5-13H,4,14-15H2,1-3H3,(H,25,26)(H,27,28,31). The quantitative estimate of drug-likeness (QED) is 0.479. The molecule has 3 aromatic heterocycles. The van der Waals surface area contributed by atoms with Crippen LogP contribution in [0.1, 0.15) is 35.1 Å². The van der Waals surface area contributed by atoms with Crippen molar-refractivity contribution >= 4 is 5.82 Å². The first-order chi connectivity index (χ1) is 15.0. The number of aromatic amines is 1. The van der Waals surface area contributed by atoms with Gasteiger partial charge in [0.1, 0.15) is 11.6 Å². The molecule has 0 saturated carbocycles. The summed E-state index contributed by atoms with van der Waals surface area (Å²) in [6.07, 6.45) is 2.43. The van der Waals surface area contributed by atoms with Crippen molar-refractivity contribution in [2.24, 2.45) is 0 Å². The lowest BCUT2D eigenvalue weighted by Crippen LogP contribution is -2.10. The van der Waals surface area contributed by atoms with E-state index in [0.29, 0.717) is 18.8 Å². The SMILES string of the molecule is CCc1cc(=O)[nH]c(-c2ccc(NCc3c(C)nn(Cc4ccccc4)c3C)nc2)n1. The molecule has 0 radical (unpaired) electrons. The van der Waals surface area contributed by atoms with E-state index in [9.17, 15) is 4.79 Å². The van der Waals surface area contributed by atoms with Gasteiger partial charge in [-0.25, -0.2) is 9.97 Å². The van der Waals surface area contributed by atoms with E-state index in [2.05, 4.69) is 39.3 Å². The van der Waals surface area contributed by atoms with Crippen LogP contribution >= 0.6 is 0 Å². The summed E-state index contributed by atoms with van der Waals surface area (Å²) in [6, 6.07) is 15.7. The summed E-state index contributed by atoms with van der Waals surface area (Å²) in [5, 5.41) is 8.09. The second-order valence-electron chi connectivity index (χ2n) is 7.52. The number of pyridine rings is 1. The minimum Gasteiger partial charge on any atom is -0.366 e. The number of nitrogens with zero attached hydrogens (tertiary/aromatic N) is 4. The second kappa shape index (κ2) is 8.95. The third-order valence-electron chi connectivity index (χ3n) is 5.35. The van der Waals surface area contributed by atoms with E-state index in [1.54, 1.807) is 6.20 Å². The smallest absolute Gasteiger partial charge is 0.251 e. The number of aromatic nitrogens is 5. The fraction of sp³-hybridized carbons (Fsp3) is 0.250. The van der Waals surface area contributed by atoms with Gasteiger partial charge in [-0.15, -0.1) is 0 Å². The highest BCUT2D eigenvalue weighted by Gasteiger charge is 2.12. The minimum absolute atomic E-state index is 0.150. The fourth-order valence-electron chi connectivity index (χ4n) is 3.54. The predicted molar refractivity (Wildman–Crippen MR) is 122 cm³/mol. The molecule has 4 aromatic rings. The molecule has 0 fully saturated rings. The normalized spacial score (nSPS) is 10.9. The Labute approximate surface area is 181 Å². The number of benzene rings is 1. The molecule has 0 spiro atoms. The zero-order valence-corrected chi connectivity index (χ0v) is 18.0. The largest absolute Gasteiger partial charge is 0.366 e. The Morgan fingerprint density at radius 1 is 1.10 bits per heavy atom. The molecule has 1 aromatic carbocycles. The van der Waals surface area contributed by atoms with Gasteiger partial charge in [-0.05, 0) is 38.0 Å². The fourth-order valence-corrected chi connectivity index (χ4v) is 3.54. The average molecular weight is 415 g/mol. The van der Waals surface area contributed by atoms with Crippen LogP contribution in [0.3, 0.4) is 0 Å². The van der Waals surface area contributed by atoms with Crippen LogP contribution in [0.4, 0.5) is 5.82 Å². The third kappa shape index (κ3) is 4.71. The van der Waals surface area contributed by atoms with Gasteiger partial charge in [0.25, 0.3) is 5.56 Å². The number of hydrogen-bond acceptors (Lipinski definition) is 5. The van der Waals surface area contributed by atoms with Crippen LogP contribution in [-0.4, -0.2) is 24.7 Å². The maximum absolute atomic E-state index is 11.8. The number of aryl methyl sites for hydroxylation is 2. The topological polar surface area (TPSA) is 88.5 Å². The molecule has 31 heavy (non-hydrogen) atoms. The van der Waals surface area contributed by atoms with Gasteiger partial charge in [-0.2, -0.15) is 5.10 Å². The van der Waals surface area contributed by atoms with Crippen molar-refractivity contribution < 1.29 is 0 Å². The number of hydrogen-bond donors (Lipinski definition) is 2. The average Bonchev–Trinajstić information content (AvgIpc) is 3.05. The highest BCUT2D eigenvalue weighted by Crippen LogP contribution is 2.18. The van der Waals surface area contributed by atoms with Crippen molar-refractivity contribution in [1.29, 1.82) is 0 Å². The number of rotatable bonds is 7. The monoisotopic (exact) mass is 414 g/mol. The number of anilines is 1. The van der Waals surface area contributed by atoms with Gasteiger partial charge in [0, 0.05) is 41.3 Å². The first-order valence-corrected chi connectivity index (χ1v) is 10.4. The van der Waals surface area contributed by atoms with Crippen molar-refractivity contribution in [1.82, 2.24) is 24.7 Å². The van der Waals surface area contributed by atoms with Crippen LogP contribution in [0, 0.1) is 13.8 Å². The summed E-state index contributed by atoms with van der Waals surface area (Å²) in [4.78, 5) is 23.6. The van der Waals surface area contributed by atoms with Crippen LogP contribution in [0.5, 0.6) is 0 Å². The molecule has 0 aliphatic heterocycles. The van der Waals surface area contributed by atoms with Gasteiger partial charge in [-0.1, -0.05) is 37.3 Å². The molecule has 158 valence electrons. The van der Waals surface area contributed by atoms with Gasteiger partial charge >= 0.3 is 0 Å². The molecular formula is C24H26N6O. The third-order valence-corrected chi connectivity index (χ3v) is 5.35. The van der Waals surface area contributed by atoms with Crippen molar-refractivity contribution in [2.45, 2.75) is 40.3 Å². The van der Waals surface area contributed by atoms with E-state index < -0.39 is 0 Å². The molecular weight excluding hydrogens is 388 g/mol. The van der Waals surface area contributed by atoms with Crippen LogP contribution in [0.25, 0.3) is 11.4 Å². The van der Waals surface area contributed by atoms with Crippen LogP contribution < -0.4 is 10.9 Å². The number of H-pyrrole nitrogens is 1. The Balaban J connectivity index is 1.46. The lowest BCUT2D eigenvalue weighted by atomic mass is 10.2. The molecule has 0 aliphatic carbocycles. The molecule has 0 bridgehead atoms. The zero-order valence-electron chi connectivity index (χ0n) is 18.0. The lowest BCUT2D eigenvalue weighted by molar-refractivity contribution is 0.658. The molecule has 3 heterocycles. The summed E-state index contributed by atoms with van der Waals surface area (Å²) >= 11 is 0. The first-order valence-electron chi connectivity index (χ1n) is 10.4. The van der Waals surface area contributed by atoms with Crippen LogP contribution in [0.15, 0.2) is 59.5 Å². The molecule has 0 unspecified atom stereocenters. The van der Waals surface area contributed by atoms with E-state index >= 15 is 0 Å². The van der Waals surface area contributed by atoms with E-state index in [1.807, 2.05) is 48.9 Å².